The lowest BCUT2D eigenvalue weighted by atomic mass is 9.99. The van der Waals surface area contributed by atoms with Crippen molar-refractivity contribution in [1.29, 1.82) is 0 Å². The smallest absolute Gasteiger partial charge is 0.328 e. The van der Waals surface area contributed by atoms with Gasteiger partial charge < -0.3 is 10.1 Å². The summed E-state index contributed by atoms with van der Waals surface area (Å²) < 4.78 is 6.28. The van der Waals surface area contributed by atoms with Crippen LogP contribution < -0.4 is 5.32 Å². The van der Waals surface area contributed by atoms with E-state index >= 15 is 0 Å². The van der Waals surface area contributed by atoms with Crippen molar-refractivity contribution < 1.29 is 14.3 Å². The molecule has 1 amide bonds. The number of tetrazole rings is 1. The number of thioether (sulfide) groups is 1. The Hall–Kier alpha value is -2.13. The third-order valence-electron chi connectivity index (χ3n) is 3.83. The van der Waals surface area contributed by atoms with Gasteiger partial charge in [-0.15, -0.1) is 5.10 Å². The zero-order valence-electron chi connectivity index (χ0n) is 14.7. The van der Waals surface area contributed by atoms with Gasteiger partial charge >= 0.3 is 5.97 Å². The van der Waals surface area contributed by atoms with E-state index in [4.69, 9.17) is 16.3 Å². The second kappa shape index (κ2) is 9.54. The summed E-state index contributed by atoms with van der Waals surface area (Å²) in [4.78, 5) is 24.1. The maximum Gasteiger partial charge on any atom is 0.328 e. The van der Waals surface area contributed by atoms with Gasteiger partial charge in [0, 0.05) is 5.02 Å². The summed E-state index contributed by atoms with van der Waals surface area (Å²) in [5.41, 5.74) is 0.731. The van der Waals surface area contributed by atoms with Crippen LogP contribution >= 0.6 is 23.4 Å². The van der Waals surface area contributed by atoms with E-state index in [0.717, 1.165) is 12.1 Å². The molecule has 0 spiro atoms. The molecule has 1 aromatic carbocycles. The maximum absolute atomic E-state index is 12.2. The van der Waals surface area contributed by atoms with Crippen molar-refractivity contribution in [2.75, 3.05) is 12.9 Å². The van der Waals surface area contributed by atoms with E-state index in [-0.39, 0.29) is 17.6 Å². The first kappa shape index (κ1) is 20.2. The molecule has 0 fully saturated rings. The number of hydrogen-bond donors (Lipinski definition) is 1. The monoisotopic (exact) mass is 397 g/mol. The lowest BCUT2D eigenvalue weighted by molar-refractivity contribution is -0.146. The number of benzene rings is 1. The molecule has 2 aromatic rings. The Balaban J connectivity index is 2.00. The molecule has 26 heavy (non-hydrogen) atoms. The summed E-state index contributed by atoms with van der Waals surface area (Å²) in [6, 6.07) is 6.34. The second-order valence-electron chi connectivity index (χ2n) is 5.59. The number of aromatic nitrogens is 4. The number of nitrogens with zero attached hydrogens (tertiary/aromatic N) is 4. The predicted octanol–water partition coefficient (Wildman–Crippen LogP) is 2.11. The van der Waals surface area contributed by atoms with Gasteiger partial charge in [0.05, 0.1) is 18.6 Å². The van der Waals surface area contributed by atoms with Crippen LogP contribution in [0.4, 0.5) is 0 Å². The number of nitrogens with one attached hydrogen (secondary N) is 1. The summed E-state index contributed by atoms with van der Waals surface area (Å²) >= 11 is 7.05. The van der Waals surface area contributed by atoms with Gasteiger partial charge in [-0.3, -0.25) is 4.79 Å². The highest BCUT2D eigenvalue weighted by Gasteiger charge is 2.26. The van der Waals surface area contributed by atoms with Gasteiger partial charge in [0.2, 0.25) is 11.1 Å². The van der Waals surface area contributed by atoms with Gasteiger partial charge in [0.1, 0.15) is 6.04 Å². The van der Waals surface area contributed by atoms with Crippen LogP contribution in [0.3, 0.4) is 0 Å². The molecule has 10 heteroatoms. The maximum atomic E-state index is 12.2. The van der Waals surface area contributed by atoms with E-state index in [2.05, 4.69) is 20.8 Å². The van der Waals surface area contributed by atoms with Crippen molar-refractivity contribution in [3.8, 4) is 5.69 Å². The summed E-state index contributed by atoms with van der Waals surface area (Å²) in [5, 5.41) is 15.3. The molecule has 1 heterocycles. The quantitative estimate of drug-likeness (QED) is 0.538. The normalized spacial score (nSPS) is 13.1. The molecular weight excluding hydrogens is 378 g/mol. The molecule has 1 aromatic heterocycles. The molecule has 0 aliphatic rings. The Kier molecular flexibility index (Phi) is 7.40. The molecule has 0 aliphatic carbocycles. The molecule has 0 aliphatic heterocycles. The van der Waals surface area contributed by atoms with E-state index in [1.54, 1.807) is 24.3 Å². The molecule has 2 atom stereocenters. The third kappa shape index (κ3) is 5.18. The van der Waals surface area contributed by atoms with Crippen molar-refractivity contribution >= 4 is 35.2 Å². The van der Waals surface area contributed by atoms with E-state index < -0.39 is 12.0 Å². The minimum Gasteiger partial charge on any atom is -0.467 e. The first-order valence-electron chi connectivity index (χ1n) is 8.00. The van der Waals surface area contributed by atoms with Crippen molar-refractivity contribution in [3.63, 3.8) is 0 Å². The van der Waals surface area contributed by atoms with Crippen molar-refractivity contribution in [1.82, 2.24) is 25.5 Å². The highest BCUT2D eigenvalue weighted by atomic mass is 35.5. The zero-order chi connectivity index (χ0) is 19.1. The summed E-state index contributed by atoms with van der Waals surface area (Å²) in [5.74, 6) is -0.714. The Morgan fingerprint density at radius 3 is 2.65 bits per heavy atom. The number of rotatable bonds is 8. The predicted molar refractivity (Wildman–Crippen MR) is 98.3 cm³/mol. The lowest BCUT2D eigenvalue weighted by Gasteiger charge is -2.21. The van der Waals surface area contributed by atoms with Gasteiger partial charge in [-0.2, -0.15) is 4.68 Å². The molecule has 1 N–H and O–H groups in total. The molecule has 2 rings (SSSR count). The number of ether oxygens (including phenoxy) is 1. The van der Waals surface area contributed by atoms with Crippen LogP contribution in [-0.4, -0.2) is 51.0 Å². The van der Waals surface area contributed by atoms with Gasteiger partial charge in [0.25, 0.3) is 0 Å². The van der Waals surface area contributed by atoms with E-state index in [0.29, 0.717) is 10.2 Å². The molecule has 0 bridgehead atoms. The molecule has 0 saturated heterocycles. The van der Waals surface area contributed by atoms with Crippen molar-refractivity contribution in [2.45, 2.75) is 31.5 Å². The first-order valence-corrected chi connectivity index (χ1v) is 9.37. The standard InChI is InChI=1S/C16H20ClN5O3S/c1-4-10(2)14(15(24)25-3)18-13(23)9-26-16-19-20-21-22(16)12-7-5-11(17)6-8-12/h5-8,10,14H,4,9H2,1-3H3,(H,18,23)/t10-,14+/m1/s1. The SMILES string of the molecule is CC[C@@H](C)[C@H](NC(=O)CSc1nnnn1-c1ccc(Cl)cc1)C(=O)OC. The summed E-state index contributed by atoms with van der Waals surface area (Å²) in [6.45, 7) is 3.83. The van der Waals surface area contributed by atoms with Crippen LogP contribution in [0.25, 0.3) is 5.69 Å². The van der Waals surface area contributed by atoms with Gasteiger partial charge in [-0.05, 0) is 40.6 Å². The van der Waals surface area contributed by atoms with Crippen LogP contribution in [0.2, 0.25) is 5.02 Å². The van der Waals surface area contributed by atoms with Crippen LogP contribution in [0.15, 0.2) is 29.4 Å². The molecule has 0 unspecified atom stereocenters. The van der Waals surface area contributed by atoms with Gasteiger partial charge in [0.15, 0.2) is 0 Å². The number of carbonyl (C=O) groups is 2. The van der Waals surface area contributed by atoms with Crippen LogP contribution in [0.5, 0.6) is 0 Å². The van der Waals surface area contributed by atoms with Gasteiger partial charge in [-0.1, -0.05) is 43.6 Å². The highest BCUT2D eigenvalue weighted by molar-refractivity contribution is 7.99. The fourth-order valence-electron chi connectivity index (χ4n) is 2.15. The number of carbonyl (C=O) groups excluding carboxylic acids is 2. The van der Waals surface area contributed by atoms with Crippen LogP contribution in [0.1, 0.15) is 20.3 Å². The summed E-state index contributed by atoms with van der Waals surface area (Å²) in [6.07, 6.45) is 0.738. The van der Waals surface area contributed by atoms with E-state index in [9.17, 15) is 9.59 Å². The number of methoxy groups -OCH3 is 1. The third-order valence-corrected chi connectivity index (χ3v) is 5.00. The average Bonchev–Trinajstić information content (AvgIpc) is 3.12. The Morgan fingerprint density at radius 1 is 1.35 bits per heavy atom. The first-order chi connectivity index (χ1) is 12.5. The largest absolute Gasteiger partial charge is 0.467 e. The Bertz CT molecular complexity index is 753. The zero-order valence-corrected chi connectivity index (χ0v) is 16.3. The fraction of sp³-hybridized carbons (Fsp3) is 0.438. The van der Waals surface area contributed by atoms with Crippen LogP contribution in [-0.2, 0) is 14.3 Å². The molecule has 0 radical (unpaired) electrons. The summed E-state index contributed by atoms with van der Waals surface area (Å²) in [7, 11) is 1.30. The number of halogens is 1. The molecule has 0 saturated carbocycles. The minimum absolute atomic E-state index is 0.0317. The fourth-order valence-corrected chi connectivity index (χ4v) is 2.98. The van der Waals surface area contributed by atoms with E-state index in [1.165, 1.54) is 23.6 Å². The van der Waals surface area contributed by atoms with Crippen molar-refractivity contribution in [2.24, 2.45) is 5.92 Å². The van der Waals surface area contributed by atoms with Crippen LogP contribution in [0, 0.1) is 5.92 Å². The highest BCUT2D eigenvalue weighted by Crippen LogP contribution is 2.19. The molecule has 140 valence electrons. The number of amides is 1. The average molecular weight is 398 g/mol. The number of hydrogen-bond acceptors (Lipinski definition) is 7. The minimum atomic E-state index is -0.676. The molecule has 8 nitrogen and oxygen atoms in total. The van der Waals surface area contributed by atoms with E-state index in [1.807, 2.05) is 13.8 Å². The Labute approximate surface area is 160 Å². The van der Waals surface area contributed by atoms with Crippen molar-refractivity contribution in [3.05, 3.63) is 29.3 Å². The van der Waals surface area contributed by atoms with Gasteiger partial charge in [-0.25, -0.2) is 4.79 Å². The topological polar surface area (TPSA) is 99.0 Å². The number of esters is 1. The lowest BCUT2D eigenvalue weighted by Crippen LogP contribution is -2.46. The Morgan fingerprint density at radius 2 is 2.04 bits per heavy atom. The second-order valence-corrected chi connectivity index (χ2v) is 6.97. The molecular formula is C16H20ClN5O3S.